The van der Waals surface area contributed by atoms with Crippen molar-refractivity contribution in [3.05, 3.63) is 0 Å². The molecule has 0 aliphatic carbocycles. The Balaban J connectivity index is 2.02. The van der Waals surface area contributed by atoms with Gasteiger partial charge in [-0.25, -0.2) is 9.59 Å². The zero-order chi connectivity index (χ0) is 17.2. The van der Waals surface area contributed by atoms with E-state index in [2.05, 4.69) is 5.32 Å². The second-order valence-electron chi connectivity index (χ2n) is 5.68. The quantitative estimate of drug-likeness (QED) is 0.653. The van der Waals surface area contributed by atoms with Crippen LogP contribution in [0.15, 0.2) is 0 Å². The lowest BCUT2D eigenvalue weighted by molar-refractivity contribution is -0.256. The summed E-state index contributed by atoms with van der Waals surface area (Å²) in [6, 6.07) is -1.11. The van der Waals surface area contributed by atoms with Crippen LogP contribution in [-0.2, 0) is 28.7 Å². The van der Waals surface area contributed by atoms with E-state index in [4.69, 9.17) is 14.3 Å². The molecule has 23 heavy (non-hydrogen) atoms. The number of carbonyl (C=O) groups excluding carboxylic acids is 3. The number of amides is 2. The third kappa shape index (κ3) is 3.36. The minimum atomic E-state index is -2.19. The third-order valence-electron chi connectivity index (χ3n) is 3.32. The van der Waals surface area contributed by atoms with Crippen LogP contribution in [0.4, 0.5) is 4.79 Å². The number of nitrogens with zero attached hydrogens (tertiary/aromatic N) is 1. The van der Waals surface area contributed by atoms with Crippen molar-refractivity contribution in [1.82, 2.24) is 10.4 Å². The summed E-state index contributed by atoms with van der Waals surface area (Å²) in [6.45, 7) is 3.60. The Morgan fingerprint density at radius 2 is 2.17 bits per heavy atom. The first-order valence-corrected chi connectivity index (χ1v) is 7.12. The van der Waals surface area contributed by atoms with Gasteiger partial charge in [-0.2, -0.15) is 5.06 Å². The SMILES string of the molecule is CC(C)COC(=O)N[C@H]1CON(C2(C(=O)O)CCC(=O)O2)C1=O. The normalized spacial score (nSPS) is 27.3. The molecule has 2 atom stereocenters. The fraction of sp³-hybridized carbons (Fsp3) is 0.692. The first-order valence-electron chi connectivity index (χ1n) is 7.12. The molecule has 1 unspecified atom stereocenters. The lowest BCUT2D eigenvalue weighted by Gasteiger charge is -2.30. The number of rotatable bonds is 5. The summed E-state index contributed by atoms with van der Waals surface area (Å²) < 4.78 is 9.68. The number of hydrogen-bond acceptors (Lipinski definition) is 7. The molecule has 0 aromatic heterocycles. The smallest absolute Gasteiger partial charge is 0.407 e. The van der Waals surface area contributed by atoms with Crippen LogP contribution in [0.1, 0.15) is 26.7 Å². The summed E-state index contributed by atoms with van der Waals surface area (Å²) in [7, 11) is 0. The Morgan fingerprint density at radius 3 is 2.70 bits per heavy atom. The molecule has 128 valence electrons. The van der Waals surface area contributed by atoms with Gasteiger partial charge in [0.2, 0.25) is 0 Å². The van der Waals surface area contributed by atoms with E-state index in [0.717, 1.165) is 0 Å². The van der Waals surface area contributed by atoms with Gasteiger partial charge in [0.15, 0.2) is 0 Å². The van der Waals surface area contributed by atoms with Crippen molar-refractivity contribution >= 4 is 23.9 Å². The molecule has 0 saturated carbocycles. The highest BCUT2D eigenvalue weighted by Crippen LogP contribution is 2.33. The van der Waals surface area contributed by atoms with Gasteiger partial charge in [0.1, 0.15) is 12.6 Å². The van der Waals surface area contributed by atoms with Gasteiger partial charge in [-0.1, -0.05) is 13.8 Å². The van der Waals surface area contributed by atoms with Gasteiger partial charge < -0.3 is 19.9 Å². The van der Waals surface area contributed by atoms with Crippen molar-refractivity contribution in [1.29, 1.82) is 0 Å². The van der Waals surface area contributed by atoms with Crippen LogP contribution in [0.3, 0.4) is 0 Å². The molecule has 2 aliphatic rings. The third-order valence-corrected chi connectivity index (χ3v) is 3.32. The first kappa shape index (κ1) is 17.0. The van der Waals surface area contributed by atoms with Crippen LogP contribution < -0.4 is 5.32 Å². The van der Waals surface area contributed by atoms with E-state index >= 15 is 0 Å². The second kappa shape index (κ2) is 6.41. The van der Waals surface area contributed by atoms with E-state index in [-0.39, 0.29) is 32.0 Å². The van der Waals surface area contributed by atoms with Gasteiger partial charge in [-0.15, -0.1) is 0 Å². The summed E-state index contributed by atoms with van der Waals surface area (Å²) in [5.74, 6) is -2.94. The summed E-state index contributed by atoms with van der Waals surface area (Å²) in [6.07, 6.45) is -1.18. The lowest BCUT2D eigenvalue weighted by Crippen LogP contribution is -2.56. The Labute approximate surface area is 131 Å². The van der Waals surface area contributed by atoms with Crippen LogP contribution in [0.25, 0.3) is 0 Å². The molecular weight excluding hydrogens is 312 g/mol. The van der Waals surface area contributed by atoms with Crippen LogP contribution in [0, 0.1) is 5.92 Å². The van der Waals surface area contributed by atoms with E-state index in [0.29, 0.717) is 5.06 Å². The standard InChI is InChI=1S/C13H18N2O8/c1-7(2)5-21-12(20)14-8-6-22-15(10(8)17)13(11(18)19)4-3-9(16)23-13/h7-8H,3-6H2,1-2H3,(H,14,20)(H,18,19)/t8-,13?/m0/s1. The maximum Gasteiger partial charge on any atom is 0.407 e. The molecule has 2 saturated heterocycles. The Morgan fingerprint density at radius 1 is 1.48 bits per heavy atom. The monoisotopic (exact) mass is 330 g/mol. The van der Waals surface area contributed by atoms with E-state index in [1.165, 1.54) is 0 Å². The van der Waals surface area contributed by atoms with Crippen molar-refractivity contribution in [2.45, 2.75) is 38.5 Å². The van der Waals surface area contributed by atoms with Crippen LogP contribution in [0.5, 0.6) is 0 Å². The van der Waals surface area contributed by atoms with Crippen molar-refractivity contribution in [3.63, 3.8) is 0 Å². The van der Waals surface area contributed by atoms with Gasteiger partial charge in [0.05, 0.1) is 13.0 Å². The van der Waals surface area contributed by atoms with Gasteiger partial charge in [-0.3, -0.25) is 14.4 Å². The number of hydrogen-bond donors (Lipinski definition) is 2. The van der Waals surface area contributed by atoms with E-state index in [1.54, 1.807) is 0 Å². The molecular formula is C13H18N2O8. The number of cyclic esters (lactones) is 1. The highest BCUT2D eigenvalue weighted by molar-refractivity contribution is 5.93. The van der Waals surface area contributed by atoms with Crippen LogP contribution in [0.2, 0.25) is 0 Å². The van der Waals surface area contributed by atoms with Crippen LogP contribution in [-0.4, -0.2) is 59.1 Å². The topological polar surface area (TPSA) is 131 Å². The molecule has 10 nitrogen and oxygen atoms in total. The van der Waals surface area contributed by atoms with Crippen molar-refractivity contribution in [3.8, 4) is 0 Å². The van der Waals surface area contributed by atoms with Crippen LogP contribution >= 0.6 is 0 Å². The Bertz CT molecular complexity index is 534. The summed E-state index contributed by atoms with van der Waals surface area (Å²) in [5.41, 5.74) is -2.19. The fourth-order valence-corrected chi connectivity index (χ4v) is 2.18. The Hall–Kier alpha value is -2.36. The number of ether oxygens (including phenoxy) is 2. The molecule has 0 aromatic carbocycles. The van der Waals surface area contributed by atoms with E-state index < -0.39 is 35.7 Å². The molecule has 2 rings (SSSR count). The maximum absolute atomic E-state index is 12.3. The lowest BCUT2D eigenvalue weighted by atomic mass is 10.1. The molecule has 0 spiro atoms. The number of carboxylic acids is 1. The van der Waals surface area contributed by atoms with Gasteiger partial charge in [0, 0.05) is 6.42 Å². The molecule has 0 aromatic rings. The van der Waals surface area contributed by atoms with Crippen molar-refractivity contribution in [2.75, 3.05) is 13.2 Å². The average molecular weight is 330 g/mol. The summed E-state index contributed by atoms with van der Waals surface area (Å²) >= 11 is 0. The number of hydroxylamine groups is 2. The second-order valence-corrected chi connectivity index (χ2v) is 5.68. The number of aliphatic carboxylic acids is 1. The van der Waals surface area contributed by atoms with Gasteiger partial charge in [0.25, 0.3) is 5.91 Å². The van der Waals surface area contributed by atoms with E-state index in [1.807, 2.05) is 13.8 Å². The molecule has 0 radical (unpaired) electrons. The minimum Gasteiger partial charge on any atom is -0.477 e. The highest BCUT2D eigenvalue weighted by atomic mass is 16.7. The number of nitrogens with one attached hydrogen (secondary N) is 1. The molecule has 2 amide bonds. The minimum absolute atomic E-state index is 0.126. The van der Waals surface area contributed by atoms with E-state index in [9.17, 15) is 24.3 Å². The first-order chi connectivity index (χ1) is 10.8. The zero-order valence-electron chi connectivity index (χ0n) is 12.7. The van der Waals surface area contributed by atoms with Crippen molar-refractivity contribution < 1.29 is 38.6 Å². The van der Waals surface area contributed by atoms with Crippen molar-refractivity contribution in [2.24, 2.45) is 5.92 Å². The highest BCUT2D eigenvalue weighted by Gasteiger charge is 2.59. The van der Waals surface area contributed by atoms with Gasteiger partial charge in [-0.05, 0) is 5.92 Å². The number of esters is 1. The van der Waals surface area contributed by atoms with Gasteiger partial charge >= 0.3 is 23.8 Å². The largest absolute Gasteiger partial charge is 0.477 e. The number of alkyl carbamates (subject to hydrolysis) is 1. The predicted molar refractivity (Wildman–Crippen MR) is 71.6 cm³/mol. The summed E-state index contributed by atoms with van der Waals surface area (Å²) in [5, 5.41) is 12.1. The molecule has 2 N–H and O–H groups in total. The molecule has 2 aliphatic heterocycles. The molecule has 2 heterocycles. The average Bonchev–Trinajstić information content (AvgIpc) is 3.02. The molecule has 10 heteroatoms. The summed E-state index contributed by atoms with van der Waals surface area (Å²) in [4.78, 5) is 51.6. The molecule has 0 bridgehead atoms. The number of carbonyl (C=O) groups is 4. The maximum atomic E-state index is 12.3. The molecule has 2 fully saturated rings. The number of carboxylic acid groups (broad SMARTS) is 1. The fourth-order valence-electron chi connectivity index (χ4n) is 2.18. The predicted octanol–water partition coefficient (Wildman–Crippen LogP) is -0.371. The zero-order valence-corrected chi connectivity index (χ0v) is 12.7. The Kier molecular flexibility index (Phi) is 4.73.